The molecule has 1 fully saturated rings. The van der Waals surface area contributed by atoms with E-state index in [4.69, 9.17) is 0 Å². The largest absolute Gasteiger partial charge is 0.310 e. The normalized spacial score (nSPS) is 15.6. The van der Waals surface area contributed by atoms with Crippen LogP contribution in [0.3, 0.4) is 0 Å². The van der Waals surface area contributed by atoms with Crippen LogP contribution < -0.4 is 5.56 Å². The average Bonchev–Trinajstić information content (AvgIpc) is 3.10. The topological polar surface area (TPSA) is 45.8 Å². The number of H-pyrrole nitrogens is 1. The molecule has 0 amide bonds. The summed E-state index contributed by atoms with van der Waals surface area (Å²) in [5.41, 5.74) is 1.23. The van der Waals surface area contributed by atoms with E-state index in [0.29, 0.717) is 5.92 Å². The molecule has 0 atom stereocenters. The van der Waals surface area contributed by atoms with Gasteiger partial charge < -0.3 is 4.98 Å². The van der Waals surface area contributed by atoms with Crippen molar-refractivity contribution in [2.45, 2.75) is 25.7 Å². The number of aryl methyl sites for hydroxylation is 1. The second-order valence-electron chi connectivity index (χ2n) is 5.01. The molecular formula is C14H12N2OS. The molecule has 1 aliphatic carbocycles. The van der Waals surface area contributed by atoms with E-state index in [9.17, 15) is 4.79 Å². The fourth-order valence-corrected chi connectivity index (χ4v) is 3.54. The van der Waals surface area contributed by atoms with E-state index in [2.05, 4.69) is 23.0 Å². The Kier molecular flexibility index (Phi) is 1.95. The fraction of sp³-hybridized carbons (Fsp3) is 0.286. The average molecular weight is 256 g/mol. The molecular weight excluding hydrogens is 244 g/mol. The van der Waals surface area contributed by atoms with E-state index in [-0.39, 0.29) is 5.56 Å². The van der Waals surface area contributed by atoms with Crippen molar-refractivity contribution in [3.63, 3.8) is 0 Å². The lowest BCUT2D eigenvalue weighted by atomic mass is 10.1. The van der Waals surface area contributed by atoms with E-state index < -0.39 is 0 Å². The zero-order chi connectivity index (χ0) is 12.3. The molecule has 0 radical (unpaired) electrons. The predicted octanol–water partition coefficient (Wildman–Crippen LogP) is 3.32. The highest BCUT2D eigenvalue weighted by atomic mass is 32.1. The first kappa shape index (κ1) is 10.3. The lowest BCUT2D eigenvalue weighted by Gasteiger charge is -1.97. The number of aromatic nitrogens is 2. The first-order chi connectivity index (χ1) is 8.72. The molecule has 1 aliphatic rings. The molecule has 2 aromatic heterocycles. The fourth-order valence-electron chi connectivity index (χ4n) is 2.36. The molecule has 1 aromatic carbocycles. The maximum absolute atomic E-state index is 12.2. The van der Waals surface area contributed by atoms with Gasteiger partial charge >= 0.3 is 0 Å². The Bertz CT molecular complexity index is 827. The number of aromatic amines is 1. The van der Waals surface area contributed by atoms with Crippen molar-refractivity contribution in [1.29, 1.82) is 0 Å². The lowest BCUT2D eigenvalue weighted by molar-refractivity contribution is 0.935. The first-order valence-corrected chi connectivity index (χ1v) is 6.97. The molecule has 4 heteroatoms. The lowest BCUT2D eigenvalue weighted by Crippen LogP contribution is -2.09. The van der Waals surface area contributed by atoms with Crippen LogP contribution in [-0.4, -0.2) is 9.97 Å². The van der Waals surface area contributed by atoms with Crippen LogP contribution in [-0.2, 0) is 0 Å². The van der Waals surface area contributed by atoms with Gasteiger partial charge in [0.15, 0.2) is 0 Å². The SMILES string of the molecule is Cc1ccc2c(c1)sc1nc(C3CC3)[nH]c(=O)c12. The number of rotatable bonds is 1. The van der Waals surface area contributed by atoms with Gasteiger partial charge in [-0.05, 0) is 31.4 Å². The molecule has 1 saturated carbocycles. The molecule has 3 nitrogen and oxygen atoms in total. The van der Waals surface area contributed by atoms with E-state index >= 15 is 0 Å². The molecule has 0 aliphatic heterocycles. The van der Waals surface area contributed by atoms with Crippen molar-refractivity contribution in [2.24, 2.45) is 0 Å². The third-order valence-electron chi connectivity index (χ3n) is 3.48. The Balaban J connectivity index is 2.13. The highest BCUT2D eigenvalue weighted by Crippen LogP contribution is 2.39. The van der Waals surface area contributed by atoms with Crippen molar-refractivity contribution in [1.82, 2.24) is 9.97 Å². The molecule has 0 saturated heterocycles. The molecule has 2 heterocycles. The maximum atomic E-state index is 12.2. The summed E-state index contributed by atoms with van der Waals surface area (Å²) in [5, 5.41) is 1.77. The van der Waals surface area contributed by atoms with Crippen molar-refractivity contribution in [3.8, 4) is 0 Å². The van der Waals surface area contributed by atoms with E-state index in [1.807, 2.05) is 12.1 Å². The Hall–Kier alpha value is -1.68. The molecule has 0 bridgehead atoms. The molecule has 3 aromatic rings. The van der Waals surface area contributed by atoms with Gasteiger partial charge in [-0.25, -0.2) is 4.98 Å². The molecule has 0 spiro atoms. The van der Waals surface area contributed by atoms with E-state index in [1.165, 1.54) is 5.56 Å². The summed E-state index contributed by atoms with van der Waals surface area (Å²) in [6.07, 6.45) is 2.30. The van der Waals surface area contributed by atoms with Gasteiger partial charge in [-0.15, -0.1) is 11.3 Å². The van der Waals surface area contributed by atoms with Crippen LogP contribution >= 0.6 is 11.3 Å². The van der Waals surface area contributed by atoms with E-state index in [1.54, 1.807) is 11.3 Å². The minimum Gasteiger partial charge on any atom is -0.310 e. The Morgan fingerprint density at radius 1 is 1.39 bits per heavy atom. The molecule has 4 rings (SSSR count). The maximum Gasteiger partial charge on any atom is 0.260 e. The van der Waals surface area contributed by atoms with Crippen LogP contribution in [0.15, 0.2) is 23.0 Å². The highest BCUT2D eigenvalue weighted by molar-refractivity contribution is 7.25. The molecule has 1 N–H and O–H groups in total. The summed E-state index contributed by atoms with van der Waals surface area (Å²) in [5.74, 6) is 1.35. The van der Waals surface area contributed by atoms with Gasteiger partial charge in [0.05, 0.1) is 5.39 Å². The minimum atomic E-state index is 0.0111. The van der Waals surface area contributed by atoms with Crippen LogP contribution in [0, 0.1) is 6.92 Å². The van der Waals surface area contributed by atoms with Crippen LogP contribution in [0.25, 0.3) is 20.3 Å². The van der Waals surface area contributed by atoms with Gasteiger partial charge in [0, 0.05) is 16.0 Å². The second-order valence-corrected chi connectivity index (χ2v) is 6.04. The van der Waals surface area contributed by atoms with Gasteiger partial charge in [0.2, 0.25) is 0 Å². The van der Waals surface area contributed by atoms with Crippen molar-refractivity contribution in [3.05, 3.63) is 39.9 Å². The number of benzene rings is 1. The van der Waals surface area contributed by atoms with E-state index in [0.717, 1.165) is 39.0 Å². The van der Waals surface area contributed by atoms with Gasteiger partial charge in [0.1, 0.15) is 10.7 Å². The van der Waals surface area contributed by atoms with Crippen LogP contribution in [0.5, 0.6) is 0 Å². The summed E-state index contributed by atoms with van der Waals surface area (Å²) < 4.78 is 1.15. The standard InChI is InChI=1S/C14H12N2OS/c1-7-2-5-9-10(6-7)18-14-11(9)13(17)15-12(16-14)8-3-4-8/h2,5-6,8H,3-4H2,1H3,(H,15,16,17). The molecule has 0 unspecified atom stereocenters. The summed E-state index contributed by atoms with van der Waals surface area (Å²) in [7, 11) is 0. The summed E-state index contributed by atoms with van der Waals surface area (Å²) >= 11 is 1.62. The number of hydrogen-bond acceptors (Lipinski definition) is 3. The van der Waals surface area contributed by atoms with Crippen LogP contribution in [0.1, 0.15) is 30.1 Å². The van der Waals surface area contributed by atoms with Crippen molar-refractivity contribution < 1.29 is 0 Å². The summed E-state index contributed by atoms with van der Waals surface area (Å²) in [6, 6.07) is 6.19. The monoisotopic (exact) mass is 256 g/mol. The third kappa shape index (κ3) is 1.42. The van der Waals surface area contributed by atoms with Gasteiger partial charge in [-0.3, -0.25) is 4.79 Å². The highest BCUT2D eigenvalue weighted by Gasteiger charge is 2.27. The predicted molar refractivity (Wildman–Crippen MR) is 74.5 cm³/mol. The minimum absolute atomic E-state index is 0.0111. The van der Waals surface area contributed by atoms with Crippen LogP contribution in [0.2, 0.25) is 0 Å². The number of nitrogens with one attached hydrogen (secondary N) is 1. The molecule has 90 valence electrons. The van der Waals surface area contributed by atoms with Gasteiger partial charge in [0.25, 0.3) is 5.56 Å². The zero-order valence-corrected chi connectivity index (χ0v) is 10.8. The zero-order valence-electron chi connectivity index (χ0n) is 9.99. The summed E-state index contributed by atoms with van der Waals surface area (Å²) in [6.45, 7) is 2.07. The number of nitrogens with zero attached hydrogens (tertiary/aromatic N) is 1. The van der Waals surface area contributed by atoms with Gasteiger partial charge in [-0.2, -0.15) is 0 Å². The molecule has 18 heavy (non-hydrogen) atoms. The third-order valence-corrected chi connectivity index (χ3v) is 4.53. The Morgan fingerprint density at radius 3 is 3.00 bits per heavy atom. The Labute approximate surface area is 107 Å². The quantitative estimate of drug-likeness (QED) is 0.726. The number of hydrogen-bond donors (Lipinski definition) is 1. The second kappa shape index (κ2) is 3.42. The summed E-state index contributed by atoms with van der Waals surface area (Å²) in [4.78, 5) is 20.7. The Morgan fingerprint density at radius 2 is 2.22 bits per heavy atom. The van der Waals surface area contributed by atoms with Crippen LogP contribution in [0.4, 0.5) is 0 Å². The smallest absolute Gasteiger partial charge is 0.260 e. The van der Waals surface area contributed by atoms with Crippen molar-refractivity contribution in [2.75, 3.05) is 0 Å². The van der Waals surface area contributed by atoms with Gasteiger partial charge in [-0.1, -0.05) is 12.1 Å². The number of fused-ring (bicyclic) bond motifs is 3. The number of thiophene rings is 1. The first-order valence-electron chi connectivity index (χ1n) is 6.15. The van der Waals surface area contributed by atoms with Crippen molar-refractivity contribution >= 4 is 31.6 Å².